The van der Waals surface area contributed by atoms with E-state index >= 15 is 0 Å². The molecule has 1 rings (SSSR count). The third-order valence-corrected chi connectivity index (χ3v) is 2.33. The van der Waals surface area contributed by atoms with Crippen molar-refractivity contribution >= 4 is 17.5 Å². The zero-order valence-corrected chi connectivity index (χ0v) is 10.4. The van der Waals surface area contributed by atoms with E-state index < -0.39 is 5.91 Å². The van der Waals surface area contributed by atoms with Crippen LogP contribution in [0.3, 0.4) is 0 Å². The zero-order chi connectivity index (χ0) is 13.5. The Morgan fingerprint density at radius 1 is 1.33 bits per heavy atom. The molecular formula is C12H17N3O3. The van der Waals surface area contributed by atoms with Gasteiger partial charge in [0.05, 0.1) is 6.04 Å². The molecule has 1 unspecified atom stereocenters. The number of carbonyl (C=O) groups is 2. The summed E-state index contributed by atoms with van der Waals surface area (Å²) in [6, 6.07) is 6.43. The molecule has 0 aliphatic rings. The van der Waals surface area contributed by atoms with Crippen molar-refractivity contribution in [2.75, 3.05) is 19.0 Å². The Hall–Kier alpha value is -2.08. The number of anilines is 1. The number of likely N-dealkylation sites (N-methyl/N-ethyl adjacent to an activating group) is 1. The van der Waals surface area contributed by atoms with Gasteiger partial charge in [0.15, 0.2) is 6.61 Å². The molecule has 4 N–H and O–H groups in total. The molecule has 0 saturated carbocycles. The lowest BCUT2D eigenvalue weighted by atomic mass is 10.2. The second-order valence-corrected chi connectivity index (χ2v) is 3.78. The van der Waals surface area contributed by atoms with E-state index in [9.17, 15) is 9.59 Å². The maximum absolute atomic E-state index is 11.6. The first-order valence-electron chi connectivity index (χ1n) is 5.52. The van der Waals surface area contributed by atoms with Gasteiger partial charge in [-0.15, -0.1) is 0 Å². The second-order valence-electron chi connectivity index (χ2n) is 3.78. The highest BCUT2D eigenvalue weighted by molar-refractivity contribution is 5.94. The first kappa shape index (κ1) is 14.0. The highest BCUT2D eigenvalue weighted by atomic mass is 16.5. The molecular weight excluding hydrogens is 234 g/mol. The Morgan fingerprint density at radius 2 is 1.94 bits per heavy atom. The molecule has 1 aromatic carbocycles. The standard InChI is InChI=1S/C12H17N3O3/c1-8(14-2)12(17)15-9-3-5-10(6-4-9)18-7-11(13)16/h3-6,8,14H,7H2,1-2H3,(H2,13,16)(H,15,17). The van der Waals surface area contributed by atoms with Crippen LogP contribution >= 0.6 is 0 Å². The van der Waals surface area contributed by atoms with Crippen LogP contribution in [0.1, 0.15) is 6.92 Å². The molecule has 1 aromatic rings. The van der Waals surface area contributed by atoms with Gasteiger partial charge in [-0.05, 0) is 38.2 Å². The fraction of sp³-hybridized carbons (Fsp3) is 0.333. The van der Waals surface area contributed by atoms with Crippen LogP contribution in [0, 0.1) is 0 Å². The Bertz CT molecular complexity index is 417. The topological polar surface area (TPSA) is 93.4 Å². The second kappa shape index (κ2) is 6.61. The quantitative estimate of drug-likeness (QED) is 0.668. The van der Waals surface area contributed by atoms with Crippen molar-refractivity contribution < 1.29 is 14.3 Å². The van der Waals surface area contributed by atoms with E-state index in [0.717, 1.165) is 0 Å². The molecule has 18 heavy (non-hydrogen) atoms. The van der Waals surface area contributed by atoms with Crippen LogP contribution in [-0.2, 0) is 9.59 Å². The molecule has 2 amide bonds. The van der Waals surface area contributed by atoms with Gasteiger partial charge < -0.3 is 21.1 Å². The van der Waals surface area contributed by atoms with Crippen molar-refractivity contribution in [3.63, 3.8) is 0 Å². The van der Waals surface area contributed by atoms with Crippen molar-refractivity contribution in [2.45, 2.75) is 13.0 Å². The smallest absolute Gasteiger partial charge is 0.255 e. The minimum Gasteiger partial charge on any atom is -0.484 e. The third kappa shape index (κ3) is 4.42. The number of primary amides is 1. The summed E-state index contributed by atoms with van der Waals surface area (Å²) in [5, 5.41) is 5.58. The molecule has 0 bridgehead atoms. The van der Waals surface area contributed by atoms with Gasteiger partial charge in [-0.25, -0.2) is 0 Å². The molecule has 1 atom stereocenters. The van der Waals surface area contributed by atoms with Crippen molar-refractivity contribution in [1.29, 1.82) is 0 Å². The van der Waals surface area contributed by atoms with E-state index in [1.54, 1.807) is 38.2 Å². The van der Waals surface area contributed by atoms with Crippen molar-refractivity contribution in [1.82, 2.24) is 5.32 Å². The lowest BCUT2D eigenvalue weighted by molar-refractivity contribution is -0.120. The highest BCUT2D eigenvalue weighted by Crippen LogP contribution is 2.15. The van der Waals surface area contributed by atoms with Gasteiger partial charge in [0.1, 0.15) is 5.75 Å². The van der Waals surface area contributed by atoms with E-state index in [2.05, 4.69) is 10.6 Å². The van der Waals surface area contributed by atoms with Gasteiger partial charge >= 0.3 is 0 Å². The molecule has 0 saturated heterocycles. The van der Waals surface area contributed by atoms with Crippen LogP contribution in [0.4, 0.5) is 5.69 Å². The van der Waals surface area contributed by atoms with Crippen LogP contribution in [0.15, 0.2) is 24.3 Å². The zero-order valence-electron chi connectivity index (χ0n) is 10.4. The average Bonchev–Trinajstić information content (AvgIpc) is 2.36. The number of hydrogen-bond donors (Lipinski definition) is 3. The Balaban J connectivity index is 2.55. The summed E-state index contributed by atoms with van der Waals surface area (Å²) in [5.41, 5.74) is 5.62. The fourth-order valence-corrected chi connectivity index (χ4v) is 1.17. The molecule has 0 radical (unpaired) electrons. The van der Waals surface area contributed by atoms with Gasteiger partial charge in [0.2, 0.25) is 5.91 Å². The predicted octanol–water partition coefficient (Wildman–Crippen LogP) is 0.0971. The van der Waals surface area contributed by atoms with E-state index in [1.807, 2.05) is 0 Å². The van der Waals surface area contributed by atoms with Crippen molar-refractivity contribution in [2.24, 2.45) is 5.73 Å². The number of amides is 2. The van der Waals surface area contributed by atoms with Crippen molar-refractivity contribution in [3.05, 3.63) is 24.3 Å². The molecule has 98 valence electrons. The summed E-state index contributed by atoms with van der Waals surface area (Å²) in [5.74, 6) is -0.132. The van der Waals surface area contributed by atoms with E-state index in [1.165, 1.54) is 0 Å². The molecule has 0 aliphatic carbocycles. The number of rotatable bonds is 6. The molecule has 0 spiro atoms. The minimum atomic E-state index is -0.532. The van der Waals surface area contributed by atoms with Gasteiger partial charge in [-0.2, -0.15) is 0 Å². The molecule has 6 nitrogen and oxygen atoms in total. The van der Waals surface area contributed by atoms with Crippen LogP contribution in [0.25, 0.3) is 0 Å². The minimum absolute atomic E-state index is 0.122. The first-order chi connectivity index (χ1) is 8.52. The normalized spacial score (nSPS) is 11.7. The highest BCUT2D eigenvalue weighted by Gasteiger charge is 2.09. The first-order valence-corrected chi connectivity index (χ1v) is 5.52. The third-order valence-electron chi connectivity index (χ3n) is 2.33. The molecule has 6 heteroatoms. The summed E-state index contributed by atoms with van der Waals surface area (Å²) in [6.45, 7) is 1.60. The number of nitrogens with two attached hydrogens (primary N) is 1. The van der Waals surface area contributed by atoms with Gasteiger partial charge in [-0.1, -0.05) is 0 Å². The molecule has 0 fully saturated rings. The fourth-order valence-electron chi connectivity index (χ4n) is 1.17. The summed E-state index contributed by atoms with van der Waals surface area (Å²) in [7, 11) is 1.71. The monoisotopic (exact) mass is 251 g/mol. The predicted molar refractivity (Wildman–Crippen MR) is 68.3 cm³/mol. The van der Waals surface area contributed by atoms with E-state index in [-0.39, 0.29) is 18.6 Å². The Morgan fingerprint density at radius 3 is 2.44 bits per heavy atom. The Kier molecular flexibility index (Phi) is 5.13. The SMILES string of the molecule is CNC(C)C(=O)Nc1ccc(OCC(N)=O)cc1. The number of nitrogens with one attached hydrogen (secondary N) is 2. The molecule has 0 aromatic heterocycles. The van der Waals surface area contributed by atoms with Crippen LogP contribution in [0.5, 0.6) is 5.75 Å². The van der Waals surface area contributed by atoms with Gasteiger partial charge in [-0.3, -0.25) is 9.59 Å². The lowest BCUT2D eigenvalue weighted by Gasteiger charge is -2.11. The van der Waals surface area contributed by atoms with Crippen LogP contribution < -0.4 is 21.1 Å². The van der Waals surface area contributed by atoms with Gasteiger partial charge in [0, 0.05) is 5.69 Å². The number of ether oxygens (including phenoxy) is 1. The molecule has 0 aliphatic heterocycles. The van der Waals surface area contributed by atoms with Crippen molar-refractivity contribution in [3.8, 4) is 5.75 Å². The lowest BCUT2D eigenvalue weighted by Crippen LogP contribution is -2.35. The summed E-state index contributed by atoms with van der Waals surface area (Å²) in [4.78, 5) is 22.1. The number of benzene rings is 1. The maximum Gasteiger partial charge on any atom is 0.255 e. The van der Waals surface area contributed by atoms with E-state index in [4.69, 9.17) is 10.5 Å². The van der Waals surface area contributed by atoms with E-state index in [0.29, 0.717) is 11.4 Å². The summed E-state index contributed by atoms with van der Waals surface area (Å²) in [6.07, 6.45) is 0. The van der Waals surface area contributed by atoms with Crippen LogP contribution in [0.2, 0.25) is 0 Å². The maximum atomic E-state index is 11.6. The summed E-state index contributed by atoms with van der Waals surface area (Å²) >= 11 is 0. The van der Waals surface area contributed by atoms with Crippen LogP contribution in [-0.4, -0.2) is 31.5 Å². The largest absolute Gasteiger partial charge is 0.484 e. The number of hydrogen-bond acceptors (Lipinski definition) is 4. The summed E-state index contributed by atoms with van der Waals surface area (Å²) < 4.78 is 5.10. The number of carbonyl (C=O) groups excluding carboxylic acids is 2. The average molecular weight is 251 g/mol. The molecule has 0 heterocycles. The Labute approximate surface area is 105 Å². The van der Waals surface area contributed by atoms with Gasteiger partial charge in [0.25, 0.3) is 5.91 Å².